The lowest BCUT2D eigenvalue weighted by Gasteiger charge is -2.08. The molecule has 0 aliphatic rings. The SMILES string of the molecule is C=CCn1cnnc1SCC(=O)NC(=O)NCC(F)(F)F. The zero-order valence-electron chi connectivity index (χ0n) is 10.7. The van der Waals surface area contributed by atoms with Crippen molar-refractivity contribution < 1.29 is 22.8 Å². The van der Waals surface area contributed by atoms with Crippen molar-refractivity contribution in [2.75, 3.05) is 12.3 Å². The highest BCUT2D eigenvalue weighted by molar-refractivity contribution is 7.99. The predicted molar refractivity (Wildman–Crippen MR) is 68.5 cm³/mol. The van der Waals surface area contributed by atoms with Gasteiger partial charge in [-0.05, 0) is 0 Å². The van der Waals surface area contributed by atoms with Gasteiger partial charge in [-0.25, -0.2) is 4.79 Å². The van der Waals surface area contributed by atoms with Gasteiger partial charge in [-0.2, -0.15) is 13.2 Å². The molecule has 0 saturated heterocycles. The van der Waals surface area contributed by atoms with Gasteiger partial charge in [0.1, 0.15) is 12.9 Å². The van der Waals surface area contributed by atoms with Crippen LogP contribution in [0, 0.1) is 0 Å². The van der Waals surface area contributed by atoms with Crippen LogP contribution in [-0.4, -0.2) is 45.2 Å². The van der Waals surface area contributed by atoms with Crippen molar-refractivity contribution in [1.29, 1.82) is 0 Å². The fourth-order valence-electron chi connectivity index (χ4n) is 1.14. The van der Waals surface area contributed by atoms with Gasteiger partial charge in [0, 0.05) is 6.54 Å². The highest BCUT2D eigenvalue weighted by Gasteiger charge is 2.27. The molecular formula is C10H12F3N5O2S. The molecule has 3 amide bonds. The first-order valence-corrected chi connectivity index (χ1v) is 6.56. The number of halogens is 3. The molecule has 0 aliphatic carbocycles. The maximum atomic E-state index is 11.8. The van der Waals surface area contributed by atoms with E-state index in [0.29, 0.717) is 11.7 Å². The summed E-state index contributed by atoms with van der Waals surface area (Å²) in [4.78, 5) is 22.4. The Hall–Kier alpha value is -2.04. The number of rotatable bonds is 6. The number of carbonyl (C=O) groups excluding carboxylic acids is 2. The number of hydrogen-bond acceptors (Lipinski definition) is 5. The third-order valence-electron chi connectivity index (χ3n) is 1.94. The summed E-state index contributed by atoms with van der Waals surface area (Å²) in [5, 5.41) is 11.1. The monoisotopic (exact) mass is 323 g/mol. The van der Waals surface area contributed by atoms with Crippen LogP contribution < -0.4 is 10.6 Å². The molecule has 1 heterocycles. The quantitative estimate of drug-likeness (QED) is 0.601. The lowest BCUT2D eigenvalue weighted by molar-refractivity contribution is -0.124. The van der Waals surface area contributed by atoms with E-state index in [0.717, 1.165) is 11.8 Å². The van der Waals surface area contributed by atoms with E-state index in [1.54, 1.807) is 16.0 Å². The average Bonchev–Trinajstić information content (AvgIpc) is 2.81. The van der Waals surface area contributed by atoms with Gasteiger partial charge in [-0.1, -0.05) is 17.8 Å². The van der Waals surface area contributed by atoms with Gasteiger partial charge in [0.05, 0.1) is 5.75 Å². The first-order valence-electron chi connectivity index (χ1n) is 5.57. The van der Waals surface area contributed by atoms with Crippen molar-refractivity contribution in [2.24, 2.45) is 0 Å². The summed E-state index contributed by atoms with van der Waals surface area (Å²) in [6.45, 7) is 2.48. The fourth-order valence-corrected chi connectivity index (χ4v) is 1.86. The van der Waals surface area contributed by atoms with Crippen molar-refractivity contribution in [3.63, 3.8) is 0 Å². The van der Waals surface area contributed by atoms with Crippen molar-refractivity contribution in [3.05, 3.63) is 19.0 Å². The zero-order valence-corrected chi connectivity index (χ0v) is 11.5. The number of thioether (sulfide) groups is 1. The van der Waals surface area contributed by atoms with E-state index >= 15 is 0 Å². The molecule has 0 bridgehead atoms. The Labute approximate surface area is 122 Å². The van der Waals surface area contributed by atoms with E-state index in [1.807, 2.05) is 0 Å². The maximum Gasteiger partial charge on any atom is 0.405 e. The van der Waals surface area contributed by atoms with E-state index < -0.39 is 24.7 Å². The van der Waals surface area contributed by atoms with Gasteiger partial charge in [0.2, 0.25) is 5.91 Å². The summed E-state index contributed by atoms with van der Waals surface area (Å²) in [7, 11) is 0. The van der Waals surface area contributed by atoms with Crippen LogP contribution in [0.2, 0.25) is 0 Å². The third kappa shape index (κ3) is 6.79. The Bertz CT molecular complexity index is 517. The molecule has 0 atom stereocenters. The molecule has 0 fully saturated rings. The minimum Gasteiger partial charge on any atom is -0.329 e. The number of hydrogen-bond donors (Lipinski definition) is 2. The number of aromatic nitrogens is 3. The van der Waals surface area contributed by atoms with E-state index in [9.17, 15) is 22.8 Å². The fraction of sp³-hybridized carbons (Fsp3) is 0.400. The number of nitrogens with one attached hydrogen (secondary N) is 2. The molecule has 0 spiro atoms. The largest absolute Gasteiger partial charge is 0.405 e. The number of urea groups is 1. The Kier molecular flexibility index (Phi) is 6.21. The topological polar surface area (TPSA) is 88.9 Å². The lowest BCUT2D eigenvalue weighted by Crippen LogP contribution is -2.43. The van der Waals surface area contributed by atoms with Crippen LogP contribution >= 0.6 is 11.8 Å². The van der Waals surface area contributed by atoms with Crippen LogP contribution in [0.5, 0.6) is 0 Å². The number of alkyl halides is 3. The van der Waals surface area contributed by atoms with Crippen LogP contribution in [-0.2, 0) is 11.3 Å². The summed E-state index contributed by atoms with van der Waals surface area (Å²) in [5.41, 5.74) is 0. The summed E-state index contributed by atoms with van der Waals surface area (Å²) in [6.07, 6.45) is -1.48. The molecule has 116 valence electrons. The van der Waals surface area contributed by atoms with Gasteiger partial charge in [0.25, 0.3) is 0 Å². The van der Waals surface area contributed by atoms with E-state index in [1.165, 1.54) is 11.6 Å². The second-order valence-corrected chi connectivity index (χ2v) is 4.63. The summed E-state index contributed by atoms with van der Waals surface area (Å²) >= 11 is 0.995. The van der Waals surface area contributed by atoms with Crippen LogP contribution in [0.1, 0.15) is 0 Å². The normalized spacial score (nSPS) is 11.0. The van der Waals surface area contributed by atoms with Crippen LogP contribution in [0.15, 0.2) is 24.1 Å². The summed E-state index contributed by atoms with van der Waals surface area (Å²) in [6, 6.07) is -1.20. The van der Waals surface area contributed by atoms with Gasteiger partial charge in [-0.15, -0.1) is 16.8 Å². The molecule has 2 N–H and O–H groups in total. The Balaban J connectivity index is 2.35. The molecule has 0 radical (unpaired) electrons. The Morgan fingerprint density at radius 1 is 1.48 bits per heavy atom. The summed E-state index contributed by atoms with van der Waals surface area (Å²) in [5.74, 6) is -0.928. The number of nitrogens with zero attached hydrogens (tertiary/aromatic N) is 3. The highest BCUT2D eigenvalue weighted by Crippen LogP contribution is 2.14. The molecule has 0 unspecified atom stereocenters. The Morgan fingerprint density at radius 3 is 2.81 bits per heavy atom. The first kappa shape index (κ1) is 17.0. The van der Waals surface area contributed by atoms with Gasteiger partial charge >= 0.3 is 12.2 Å². The molecule has 0 aromatic carbocycles. The van der Waals surface area contributed by atoms with Crippen molar-refractivity contribution in [2.45, 2.75) is 17.9 Å². The third-order valence-corrected chi connectivity index (χ3v) is 2.92. The molecule has 0 aliphatic heterocycles. The second kappa shape index (κ2) is 7.67. The van der Waals surface area contributed by atoms with Crippen molar-refractivity contribution in [1.82, 2.24) is 25.4 Å². The Morgan fingerprint density at radius 2 is 2.19 bits per heavy atom. The molecule has 1 aromatic heterocycles. The van der Waals surface area contributed by atoms with Crippen LogP contribution in [0.4, 0.5) is 18.0 Å². The van der Waals surface area contributed by atoms with Gasteiger partial charge in [0.15, 0.2) is 5.16 Å². The molecule has 0 saturated carbocycles. The lowest BCUT2D eigenvalue weighted by atomic mass is 10.6. The molecule has 1 aromatic rings. The number of imide groups is 1. The van der Waals surface area contributed by atoms with Crippen molar-refractivity contribution in [3.8, 4) is 0 Å². The van der Waals surface area contributed by atoms with Crippen LogP contribution in [0.3, 0.4) is 0 Å². The van der Waals surface area contributed by atoms with Gasteiger partial charge < -0.3 is 9.88 Å². The molecular weight excluding hydrogens is 311 g/mol. The van der Waals surface area contributed by atoms with E-state index in [2.05, 4.69) is 16.8 Å². The minimum atomic E-state index is -4.53. The standard InChI is InChI=1S/C10H12F3N5O2S/c1-2-3-18-6-15-17-9(18)21-4-7(19)16-8(20)14-5-10(11,12)13/h2,6H,1,3-5H2,(H2,14,16,19,20). The molecule has 7 nitrogen and oxygen atoms in total. The smallest absolute Gasteiger partial charge is 0.329 e. The van der Waals surface area contributed by atoms with E-state index in [-0.39, 0.29) is 5.75 Å². The molecule has 11 heteroatoms. The average molecular weight is 323 g/mol. The summed E-state index contributed by atoms with van der Waals surface area (Å²) < 4.78 is 37.2. The van der Waals surface area contributed by atoms with Crippen molar-refractivity contribution >= 4 is 23.7 Å². The minimum absolute atomic E-state index is 0.185. The predicted octanol–water partition coefficient (Wildman–Crippen LogP) is 0.944. The van der Waals surface area contributed by atoms with Gasteiger partial charge in [-0.3, -0.25) is 10.1 Å². The molecule has 21 heavy (non-hydrogen) atoms. The maximum absolute atomic E-state index is 11.8. The zero-order chi connectivity index (χ0) is 15.9. The first-order chi connectivity index (χ1) is 9.81. The number of carbonyl (C=O) groups is 2. The number of amides is 3. The molecule has 1 rings (SSSR count). The highest BCUT2D eigenvalue weighted by atomic mass is 32.2. The number of allylic oxidation sites excluding steroid dienone is 1. The second-order valence-electron chi connectivity index (χ2n) is 3.69. The van der Waals surface area contributed by atoms with E-state index in [4.69, 9.17) is 0 Å². The van der Waals surface area contributed by atoms with Crippen LogP contribution in [0.25, 0.3) is 0 Å².